The minimum Gasteiger partial charge on any atom is -0.448 e. The van der Waals surface area contributed by atoms with Gasteiger partial charge in [-0.1, -0.05) is 18.2 Å². The molecule has 84 valence electrons. The molecule has 0 fully saturated rings. The van der Waals surface area contributed by atoms with E-state index >= 15 is 0 Å². The SMILES string of the molecule is CC(N)c1coc(Cc2ccccc2F)n1. The molecule has 0 amide bonds. The molecule has 0 saturated heterocycles. The Labute approximate surface area is 93.1 Å². The van der Waals surface area contributed by atoms with Crippen LogP contribution in [0.15, 0.2) is 34.9 Å². The summed E-state index contributed by atoms with van der Waals surface area (Å²) in [7, 11) is 0. The molecule has 2 N–H and O–H groups in total. The van der Waals surface area contributed by atoms with Gasteiger partial charge in [-0.2, -0.15) is 0 Å². The quantitative estimate of drug-likeness (QED) is 0.864. The van der Waals surface area contributed by atoms with Crippen LogP contribution in [-0.4, -0.2) is 4.98 Å². The van der Waals surface area contributed by atoms with Gasteiger partial charge in [-0.05, 0) is 18.6 Å². The van der Waals surface area contributed by atoms with Crippen molar-refractivity contribution in [3.63, 3.8) is 0 Å². The van der Waals surface area contributed by atoms with Crippen LogP contribution in [0.4, 0.5) is 4.39 Å². The van der Waals surface area contributed by atoms with Gasteiger partial charge in [0.2, 0.25) is 0 Å². The van der Waals surface area contributed by atoms with E-state index in [9.17, 15) is 4.39 Å². The van der Waals surface area contributed by atoms with Crippen LogP contribution < -0.4 is 5.73 Å². The van der Waals surface area contributed by atoms with E-state index in [0.717, 1.165) is 0 Å². The van der Waals surface area contributed by atoms with E-state index < -0.39 is 0 Å². The molecule has 0 aliphatic carbocycles. The molecular formula is C12H13FN2O. The van der Waals surface area contributed by atoms with Crippen molar-refractivity contribution in [1.29, 1.82) is 0 Å². The molecule has 2 rings (SSSR count). The highest BCUT2D eigenvalue weighted by molar-refractivity contribution is 5.20. The maximum Gasteiger partial charge on any atom is 0.198 e. The molecule has 3 nitrogen and oxygen atoms in total. The van der Waals surface area contributed by atoms with Gasteiger partial charge in [0.05, 0.1) is 12.1 Å². The molecule has 16 heavy (non-hydrogen) atoms. The van der Waals surface area contributed by atoms with E-state index in [2.05, 4.69) is 4.98 Å². The monoisotopic (exact) mass is 220 g/mol. The van der Waals surface area contributed by atoms with Crippen LogP contribution in [0.1, 0.15) is 30.1 Å². The van der Waals surface area contributed by atoms with Gasteiger partial charge < -0.3 is 10.2 Å². The first kappa shape index (κ1) is 10.8. The van der Waals surface area contributed by atoms with Crippen LogP contribution in [0, 0.1) is 5.82 Å². The highest BCUT2D eigenvalue weighted by Crippen LogP contribution is 2.15. The van der Waals surface area contributed by atoms with E-state index in [1.165, 1.54) is 12.3 Å². The summed E-state index contributed by atoms with van der Waals surface area (Å²) in [4.78, 5) is 4.19. The zero-order chi connectivity index (χ0) is 11.5. The Bertz CT molecular complexity index is 479. The molecule has 1 atom stereocenters. The normalized spacial score (nSPS) is 12.7. The van der Waals surface area contributed by atoms with E-state index in [1.807, 2.05) is 6.92 Å². The third kappa shape index (κ3) is 2.28. The van der Waals surface area contributed by atoms with Crippen molar-refractivity contribution in [2.24, 2.45) is 5.73 Å². The highest BCUT2D eigenvalue weighted by Gasteiger charge is 2.10. The van der Waals surface area contributed by atoms with E-state index in [4.69, 9.17) is 10.2 Å². The standard InChI is InChI=1S/C12H13FN2O/c1-8(14)11-7-16-12(15-11)6-9-4-2-3-5-10(9)13/h2-5,7-8H,6,14H2,1H3. The number of aromatic nitrogens is 1. The van der Waals surface area contributed by atoms with Crippen molar-refractivity contribution in [2.75, 3.05) is 0 Å². The fourth-order valence-corrected chi connectivity index (χ4v) is 1.42. The molecule has 4 heteroatoms. The molecule has 1 unspecified atom stereocenters. The van der Waals surface area contributed by atoms with Gasteiger partial charge in [-0.25, -0.2) is 9.37 Å². The van der Waals surface area contributed by atoms with Gasteiger partial charge in [-0.3, -0.25) is 0 Å². The van der Waals surface area contributed by atoms with E-state index in [-0.39, 0.29) is 11.9 Å². The molecule has 0 aliphatic rings. The lowest BCUT2D eigenvalue weighted by Crippen LogP contribution is -2.05. The second-order valence-electron chi connectivity index (χ2n) is 3.72. The first-order valence-electron chi connectivity index (χ1n) is 5.10. The van der Waals surface area contributed by atoms with Gasteiger partial charge in [0.1, 0.15) is 12.1 Å². The number of oxazole rings is 1. The number of hydrogen-bond acceptors (Lipinski definition) is 3. The Kier molecular flexibility index (Phi) is 3.01. The number of benzene rings is 1. The summed E-state index contributed by atoms with van der Waals surface area (Å²) in [5.74, 6) is 0.237. The second kappa shape index (κ2) is 4.45. The van der Waals surface area contributed by atoms with Crippen LogP contribution >= 0.6 is 0 Å². The maximum atomic E-state index is 13.3. The molecule has 2 aromatic rings. The molecule has 1 aromatic carbocycles. The van der Waals surface area contributed by atoms with Gasteiger partial charge in [0.25, 0.3) is 0 Å². The molecule has 0 spiro atoms. The van der Waals surface area contributed by atoms with Gasteiger partial charge >= 0.3 is 0 Å². The molecular weight excluding hydrogens is 207 g/mol. The minimum atomic E-state index is -0.247. The highest BCUT2D eigenvalue weighted by atomic mass is 19.1. The first-order valence-corrected chi connectivity index (χ1v) is 5.10. The lowest BCUT2D eigenvalue weighted by Gasteiger charge is -1.99. The smallest absolute Gasteiger partial charge is 0.198 e. The summed E-state index contributed by atoms with van der Waals surface area (Å²) in [5.41, 5.74) is 6.91. The largest absolute Gasteiger partial charge is 0.448 e. The third-order valence-electron chi connectivity index (χ3n) is 2.34. The van der Waals surface area contributed by atoms with Gasteiger partial charge in [-0.15, -0.1) is 0 Å². The zero-order valence-corrected chi connectivity index (χ0v) is 8.98. The average molecular weight is 220 g/mol. The molecule has 0 radical (unpaired) electrons. The maximum absolute atomic E-state index is 13.3. The van der Waals surface area contributed by atoms with Crippen molar-refractivity contribution < 1.29 is 8.81 Å². The van der Waals surface area contributed by atoms with Gasteiger partial charge in [0, 0.05) is 6.04 Å². The summed E-state index contributed by atoms with van der Waals surface area (Å²) in [6.07, 6.45) is 1.86. The summed E-state index contributed by atoms with van der Waals surface area (Å²) >= 11 is 0. The second-order valence-corrected chi connectivity index (χ2v) is 3.72. The fraction of sp³-hybridized carbons (Fsp3) is 0.250. The summed E-state index contributed by atoms with van der Waals surface area (Å²) in [6.45, 7) is 1.82. The Morgan fingerprint density at radius 3 is 2.81 bits per heavy atom. The zero-order valence-electron chi connectivity index (χ0n) is 8.98. The number of halogens is 1. The number of hydrogen-bond donors (Lipinski definition) is 1. The Hall–Kier alpha value is -1.68. The molecule has 1 aromatic heterocycles. The van der Waals surface area contributed by atoms with Crippen molar-refractivity contribution in [1.82, 2.24) is 4.98 Å². The molecule has 0 bridgehead atoms. The van der Waals surface area contributed by atoms with Crippen LogP contribution in [0.25, 0.3) is 0 Å². The predicted octanol–water partition coefficient (Wildman–Crippen LogP) is 2.42. The van der Waals surface area contributed by atoms with Crippen molar-refractivity contribution >= 4 is 0 Å². The lowest BCUT2D eigenvalue weighted by atomic mass is 10.1. The summed E-state index contributed by atoms with van der Waals surface area (Å²) in [5, 5.41) is 0. The van der Waals surface area contributed by atoms with Crippen LogP contribution in [0.2, 0.25) is 0 Å². The summed E-state index contributed by atoms with van der Waals surface area (Å²) in [6, 6.07) is 6.41. The van der Waals surface area contributed by atoms with E-state index in [0.29, 0.717) is 23.6 Å². The van der Waals surface area contributed by atoms with E-state index in [1.54, 1.807) is 18.2 Å². The van der Waals surface area contributed by atoms with Gasteiger partial charge in [0.15, 0.2) is 5.89 Å². The van der Waals surface area contributed by atoms with Crippen LogP contribution in [0.5, 0.6) is 0 Å². The number of nitrogens with zero attached hydrogens (tertiary/aromatic N) is 1. The molecule has 0 saturated carbocycles. The third-order valence-corrected chi connectivity index (χ3v) is 2.34. The fourth-order valence-electron chi connectivity index (χ4n) is 1.42. The average Bonchev–Trinajstić information content (AvgIpc) is 2.70. The van der Waals surface area contributed by atoms with Crippen molar-refractivity contribution in [2.45, 2.75) is 19.4 Å². The topological polar surface area (TPSA) is 52.0 Å². The van der Waals surface area contributed by atoms with Crippen LogP contribution in [0.3, 0.4) is 0 Å². The predicted molar refractivity (Wildman–Crippen MR) is 58.3 cm³/mol. The number of rotatable bonds is 3. The summed E-state index contributed by atoms with van der Waals surface area (Å²) < 4.78 is 18.6. The van der Waals surface area contributed by atoms with Crippen molar-refractivity contribution in [3.05, 3.63) is 53.5 Å². The Morgan fingerprint density at radius 2 is 2.19 bits per heavy atom. The Morgan fingerprint density at radius 1 is 1.44 bits per heavy atom. The Balaban J connectivity index is 2.18. The van der Waals surface area contributed by atoms with Crippen LogP contribution in [-0.2, 0) is 6.42 Å². The number of nitrogens with two attached hydrogens (primary N) is 1. The molecule has 0 aliphatic heterocycles. The first-order chi connectivity index (χ1) is 7.66. The van der Waals surface area contributed by atoms with Crippen molar-refractivity contribution in [3.8, 4) is 0 Å². The lowest BCUT2D eigenvalue weighted by molar-refractivity contribution is 0.500. The minimum absolute atomic E-state index is 0.168. The molecule has 1 heterocycles.